The first kappa shape index (κ1) is 16.0. The molecule has 6 nitrogen and oxygen atoms in total. The Balaban J connectivity index is 1.72. The number of amides is 1. The van der Waals surface area contributed by atoms with Crippen LogP contribution in [0.4, 0.5) is 4.39 Å². The standard InChI is InChI=1S/C19H16FN5O/c1-25-11-10-21-18(25)16(12-6-8-13(20)9-7-12)22-19(26)17-14-4-2-3-5-15(14)23-24-17/h2-11,16H,1H3,(H,22,26)(H,23,24)/t16-/m1/s1. The second-order valence-electron chi connectivity index (χ2n) is 5.97. The number of hydrogen-bond donors (Lipinski definition) is 2. The number of H-pyrrole nitrogens is 1. The van der Waals surface area contributed by atoms with E-state index in [1.54, 1.807) is 24.5 Å². The molecule has 0 aliphatic rings. The molecule has 0 spiro atoms. The van der Waals surface area contributed by atoms with E-state index in [2.05, 4.69) is 20.5 Å². The predicted octanol–water partition coefficient (Wildman–Crippen LogP) is 2.95. The molecule has 130 valence electrons. The number of aromatic nitrogens is 4. The molecule has 2 heterocycles. The number of aromatic amines is 1. The van der Waals surface area contributed by atoms with Gasteiger partial charge in [0.2, 0.25) is 0 Å². The first-order chi connectivity index (χ1) is 12.6. The Kier molecular flexibility index (Phi) is 3.96. The monoisotopic (exact) mass is 349 g/mol. The second-order valence-corrected chi connectivity index (χ2v) is 5.97. The van der Waals surface area contributed by atoms with Gasteiger partial charge >= 0.3 is 0 Å². The molecule has 0 saturated heterocycles. The highest BCUT2D eigenvalue weighted by atomic mass is 19.1. The van der Waals surface area contributed by atoms with Crippen molar-refractivity contribution in [1.29, 1.82) is 0 Å². The van der Waals surface area contributed by atoms with Crippen LogP contribution in [0.3, 0.4) is 0 Å². The lowest BCUT2D eigenvalue weighted by molar-refractivity contribution is 0.0937. The number of carbonyl (C=O) groups excluding carboxylic acids is 1. The minimum Gasteiger partial charge on any atom is -0.337 e. The normalized spacial score (nSPS) is 12.2. The Labute approximate surface area is 148 Å². The largest absolute Gasteiger partial charge is 0.337 e. The average molecular weight is 349 g/mol. The van der Waals surface area contributed by atoms with E-state index in [1.807, 2.05) is 35.9 Å². The molecule has 0 fully saturated rings. The van der Waals surface area contributed by atoms with Crippen LogP contribution in [-0.4, -0.2) is 25.7 Å². The molecule has 2 aromatic carbocycles. The van der Waals surface area contributed by atoms with Crippen molar-refractivity contribution in [3.8, 4) is 0 Å². The molecule has 0 aliphatic carbocycles. The van der Waals surface area contributed by atoms with Crippen LogP contribution in [0.15, 0.2) is 60.9 Å². The van der Waals surface area contributed by atoms with Crippen LogP contribution in [0.25, 0.3) is 10.9 Å². The highest BCUT2D eigenvalue weighted by Crippen LogP contribution is 2.22. The number of nitrogens with one attached hydrogen (secondary N) is 2. The number of halogens is 1. The maximum absolute atomic E-state index is 13.3. The zero-order chi connectivity index (χ0) is 18.1. The number of hydrogen-bond acceptors (Lipinski definition) is 3. The number of benzene rings is 2. The van der Waals surface area contributed by atoms with E-state index in [0.29, 0.717) is 11.5 Å². The summed E-state index contributed by atoms with van der Waals surface area (Å²) in [6.07, 6.45) is 3.45. The lowest BCUT2D eigenvalue weighted by atomic mass is 10.1. The van der Waals surface area contributed by atoms with Gasteiger partial charge in [-0.05, 0) is 23.8 Å². The smallest absolute Gasteiger partial charge is 0.273 e. The van der Waals surface area contributed by atoms with Crippen molar-refractivity contribution in [2.75, 3.05) is 0 Å². The van der Waals surface area contributed by atoms with Gasteiger partial charge in [0.1, 0.15) is 17.7 Å². The molecule has 2 aromatic heterocycles. The van der Waals surface area contributed by atoms with E-state index >= 15 is 0 Å². The van der Waals surface area contributed by atoms with Crippen LogP contribution in [0, 0.1) is 5.82 Å². The van der Waals surface area contributed by atoms with Gasteiger partial charge in [0.05, 0.1) is 5.52 Å². The van der Waals surface area contributed by atoms with Gasteiger partial charge < -0.3 is 9.88 Å². The summed E-state index contributed by atoms with van der Waals surface area (Å²) < 4.78 is 15.1. The van der Waals surface area contributed by atoms with E-state index in [-0.39, 0.29) is 11.7 Å². The molecule has 2 N–H and O–H groups in total. The molecule has 4 aromatic rings. The van der Waals surface area contributed by atoms with Crippen LogP contribution in [0.5, 0.6) is 0 Å². The van der Waals surface area contributed by atoms with Gasteiger partial charge in [-0.1, -0.05) is 30.3 Å². The zero-order valence-corrected chi connectivity index (χ0v) is 14.0. The first-order valence-electron chi connectivity index (χ1n) is 8.10. The molecule has 4 rings (SSSR count). The van der Waals surface area contributed by atoms with Gasteiger partial charge in [-0.25, -0.2) is 9.37 Å². The van der Waals surface area contributed by atoms with Crippen molar-refractivity contribution in [1.82, 2.24) is 25.1 Å². The van der Waals surface area contributed by atoms with Crippen molar-refractivity contribution in [2.45, 2.75) is 6.04 Å². The van der Waals surface area contributed by atoms with Gasteiger partial charge in [-0.3, -0.25) is 9.89 Å². The number of imidazole rings is 1. The topological polar surface area (TPSA) is 75.6 Å². The van der Waals surface area contributed by atoms with E-state index < -0.39 is 6.04 Å². The summed E-state index contributed by atoms with van der Waals surface area (Å²) in [4.78, 5) is 17.2. The highest BCUT2D eigenvalue weighted by molar-refractivity contribution is 6.04. The van der Waals surface area contributed by atoms with Crippen LogP contribution in [0.1, 0.15) is 27.9 Å². The van der Waals surface area contributed by atoms with Crippen molar-refractivity contribution >= 4 is 16.8 Å². The third kappa shape index (κ3) is 2.83. The van der Waals surface area contributed by atoms with E-state index in [9.17, 15) is 9.18 Å². The quantitative estimate of drug-likeness (QED) is 0.595. The summed E-state index contributed by atoms with van der Waals surface area (Å²) in [5.41, 5.74) is 1.82. The Hall–Kier alpha value is -3.48. The van der Waals surface area contributed by atoms with Crippen LogP contribution >= 0.6 is 0 Å². The molecule has 0 radical (unpaired) electrons. The lowest BCUT2D eigenvalue weighted by Crippen LogP contribution is -2.31. The predicted molar refractivity (Wildman–Crippen MR) is 95.0 cm³/mol. The fraction of sp³-hybridized carbons (Fsp3) is 0.105. The van der Waals surface area contributed by atoms with Crippen LogP contribution in [-0.2, 0) is 7.05 Å². The number of fused-ring (bicyclic) bond motifs is 1. The number of aryl methyl sites for hydroxylation is 1. The summed E-state index contributed by atoms with van der Waals surface area (Å²) in [5.74, 6) is -0.0264. The van der Waals surface area contributed by atoms with Gasteiger partial charge in [0, 0.05) is 24.8 Å². The van der Waals surface area contributed by atoms with E-state index in [4.69, 9.17) is 0 Å². The Morgan fingerprint density at radius 3 is 2.69 bits per heavy atom. The number of carbonyl (C=O) groups is 1. The molecular formula is C19H16FN5O. The van der Waals surface area contributed by atoms with Gasteiger partial charge in [-0.2, -0.15) is 5.10 Å². The fourth-order valence-corrected chi connectivity index (χ4v) is 2.94. The Morgan fingerprint density at radius 1 is 1.19 bits per heavy atom. The molecule has 26 heavy (non-hydrogen) atoms. The lowest BCUT2D eigenvalue weighted by Gasteiger charge is -2.18. The maximum Gasteiger partial charge on any atom is 0.273 e. The molecule has 7 heteroatoms. The van der Waals surface area contributed by atoms with Crippen molar-refractivity contribution < 1.29 is 9.18 Å². The zero-order valence-electron chi connectivity index (χ0n) is 14.0. The Morgan fingerprint density at radius 2 is 1.96 bits per heavy atom. The third-order valence-corrected chi connectivity index (χ3v) is 4.28. The number of para-hydroxylation sites is 1. The second kappa shape index (κ2) is 6.44. The van der Waals surface area contributed by atoms with Crippen molar-refractivity contribution in [2.24, 2.45) is 7.05 Å². The summed E-state index contributed by atoms with van der Waals surface area (Å²) in [6.45, 7) is 0. The maximum atomic E-state index is 13.3. The minimum atomic E-state index is -0.529. The number of nitrogens with zero attached hydrogens (tertiary/aromatic N) is 3. The molecule has 0 bridgehead atoms. The van der Waals surface area contributed by atoms with Crippen LogP contribution < -0.4 is 5.32 Å². The molecule has 1 atom stereocenters. The SMILES string of the molecule is Cn1ccnc1[C@H](NC(=O)c1n[nH]c2ccccc12)c1ccc(F)cc1. The molecule has 0 aliphatic heterocycles. The molecular weight excluding hydrogens is 333 g/mol. The van der Waals surface area contributed by atoms with Crippen LogP contribution in [0.2, 0.25) is 0 Å². The third-order valence-electron chi connectivity index (χ3n) is 4.28. The fourth-order valence-electron chi connectivity index (χ4n) is 2.94. The minimum absolute atomic E-state index is 0.307. The van der Waals surface area contributed by atoms with E-state index in [1.165, 1.54) is 12.1 Å². The highest BCUT2D eigenvalue weighted by Gasteiger charge is 2.23. The summed E-state index contributed by atoms with van der Waals surface area (Å²) in [7, 11) is 1.84. The molecule has 0 saturated carbocycles. The summed E-state index contributed by atoms with van der Waals surface area (Å²) in [5, 5.41) is 10.7. The van der Waals surface area contributed by atoms with Gasteiger partial charge in [-0.15, -0.1) is 0 Å². The average Bonchev–Trinajstić information content (AvgIpc) is 3.26. The first-order valence-corrected chi connectivity index (χ1v) is 8.10. The Bertz CT molecular complexity index is 1070. The van der Waals surface area contributed by atoms with Gasteiger partial charge in [0.25, 0.3) is 5.91 Å². The summed E-state index contributed by atoms with van der Waals surface area (Å²) >= 11 is 0. The number of rotatable bonds is 4. The summed E-state index contributed by atoms with van der Waals surface area (Å²) in [6, 6.07) is 12.9. The molecule has 0 unspecified atom stereocenters. The van der Waals surface area contributed by atoms with Gasteiger partial charge in [0.15, 0.2) is 5.69 Å². The van der Waals surface area contributed by atoms with E-state index in [0.717, 1.165) is 16.5 Å². The van der Waals surface area contributed by atoms with Crippen molar-refractivity contribution in [3.63, 3.8) is 0 Å². The molecule has 1 amide bonds. The van der Waals surface area contributed by atoms with Crippen molar-refractivity contribution in [3.05, 3.63) is 83.8 Å².